The lowest BCUT2D eigenvalue weighted by atomic mass is 10.2. The van der Waals surface area contributed by atoms with Gasteiger partial charge in [0.15, 0.2) is 19.7 Å². The molecule has 3 rings (SSSR count). The molecule has 0 amide bonds. The second-order valence-electron chi connectivity index (χ2n) is 6.97. The van der Waals surface area contributed by atoms with Crippen LogP contribution in [0.2, 0.25) is 0 Å². The minimum atomic E-state index is -2.97. The predicted octanol–water partition coefficient (Wildman–Crippen LogP) is 0.0316. The summed E-state index contributed by atoms with van der Waals surface area (Å²) in [5.74, 6) is 2.59. The minimum absolute atomic E-state index is 0.0932. The Morgan fingerprint density at radius 2 is 1.28 bits per heavy atom. The lowest BCUT2D eigenvalue weighted by Gasteiger charge is -2.28. The summed E-state index contributed by atoms with van der Waals surface area (Å²) >= 11 is 0. The van der Waals surface area contributed by atoms with Crippen molar-refractivity contribution in [1.29, 1.82) is 0 Å². The number of hydrogen-bond donors (Lipinski definition) is 0. The number of anilines is 2. The molecular formula is C15H24N4O4S2. The first-order valence-electron chi connectivity index (χ1n) is 8.28. The molecular weight excluding hydrogens is 364 g/mol. The maximum atomic E-state index is 11.7. The number of hydrogen-bond acceptors (Lipinski definition) is 8. The SMILES string of the molecule is Cc1nc(N(C)C2CCS(=O)(=O)C2)cc(N(C)C2CCS(=O)(=O)C2)n1. The van der Waals surface area contributed by atoms with Gasteiger partial charge in [0.25, 0.3) is 0 Å². The number of sulfone groups is 2. The molecule has 2 saturated heterocycles. The molecule has 10 heteroatoms. The van der Waals surface area contributed by atoms with Gasteiger partial charge in [-0.15, -0.1) is 0 Å². The van der Waals surface area contributed by atoms with Crippen molar-refractivity contribution < 1.29 is 16.8 Å². The number of aromatic nitrogens is 2. The highest BCUT2D eigenvalue weighted by Gasteiger charge is 2.33. The summed E-state index contributed by atoms with van der Waals surface area (Å²) in [4.78, 5) is 12.7. The second-order valence-corrected chi connectivity index (χ2v) is 11.4. The molecule has 2 unspecified atom stereocenters. The van der Waals surface area contributed by atoms with Crippen LogP contribution in [-0.2, 0) is 19.7 Å². The lowest BCUT2D eigenvalue weighted by molar-refractivity contribution is 0.599. The van der Waals surface area contributed by atoms with E-state index in [1.165, 1.54) is 0 Å². The van der Waals surface area contributed by atoms with E-state index in [9.17, 15) is 16.8 Å². The topological polar surface area (TPSA) is 101 Å². The van der Waals surface area contributed by atoms with Crippen molar-refractivity contribution in [3.63, 3.8) is 0 Å². The van der Waals surface area contributed by atoms with Crippen molar-refractivity contribution in [2.45, 2.75) is 31.8 Å². The molecule has 0 aliphatic carbocycles. The summed E-state index contributed by atoms with van der Waals surface area (Å²) in [7, 11) is -2.26. The predicted molar refractivity (Wildman–Crippen MR) is 97.7 cm³/mol. The van der Waals surface area contributed by atoms with Gasteiger partial charge in [-0.2, -0.15) is 0 Å². The molecule has 25 heavy (non-hydrogen) atoms. The summed E-state index contributed by atoms with van der Waals surface area (Å²) in [5, 5.41) is 0. The molecule has 2 aliphatic rings. The average Bonchev–Trinajstić information content (AvgIpc) is 3.07. The highest BCUT2D eigenvalue weighted by molar-refractivity contribution is 7.91. The van der Waals surface area contributed by atoms with Gasteiger partial charge in [0.2, 0.25) is 0 Å². The molecule has 1 aromatic heterocycles. The molecule has 0 radical (unpaired) electrons. The Morgan fingerprint density at radius 3 is 1.60 bits per heavy atom. The standard InChI is InChI=1S/C15H24N4O4S2/c1-11-16-14(18(2)12-4-6-24(20,21)9-12)8-15(17-11)19(3)13-5-7-25(22,23)10-13/h8,12-13H,4-7,9-10H2,1-3H3. The number of rotatable bonds is 4. The third-order valence-electron chi connectivity index (χ3n) is 5.05. The summed E-state index contributed by atoms with van der Waals surface area (Å²) in [6, 6.07) is 1.62. The van der Waals surface area contributed by atoms with E-state index < -0.39 is 19.7 Å². The first-order valence-corrected chi connectivity index (χ1v) is 11.9. The maximum Gasteiger partial charge on any atom is 0.152 e. The lowest BCUT2D eigenvalue weighted by Crippen LogP contribution is -2.35. The molecule has 0 spiro atoms. The normalized spacial score (nSPS) is 27.3. The van der Waals surface area contributed by atoms with E-state index in [1.54, 1.807) is 6.92 Å². The van der Waals surface area contributed by atoms with Crippen LogP contribution in [0.3, 0.4) is 0 Å². The molecule has 2 atom stereocenters. The van der Waals surface area contributed by atoms with E-state index in [-0.39, 0.29) is 35.1 Å². The third-order valence-corrected chi connectivity index (χ3v) is 8.55. The Morgan fingerprint density at radius 1 is 0.880 bits per heavy atom. The first-order chi connectivity index (χ1) is 11.6. The smallest absolute Gasteiger partial charge is 0.152 e. The third kappa shape index (κ3) is 4.05. The molecule has 0 N–H and O–H groups in total. The zero-order valence-corrected chi connectivity index (χ0v) is 16.3. The van der Waals surface area contributed by atoms with Gasteiger partial charge in [0.1, 0.15) is 17.5 Å². The van der Waals surface area contributed by atoms with Crippen LogP contribution in [0.4, 0.5) is 11.6 Å². The number of aryl methyl sites for hydroxylation is 1. The molecule has 8 nitrogen and oxygen atoms in total. The van der Waals surface area contributed by atoms with E-state index in [0.29, 0.717) is 30.3 Å². The van der Waals surface area contributed by atoms with Crippen LogP contribution in [0, 0.1) is 6.92 Å². The molecule has 0 bridgehead atoms. The van der Waals surface area contributed by atoms with E-state index >= 15 is 0 Å². The zero-order chi connectivity index (χ0) is 18.4. The molecule has 0 saturated carbocycles. The van der Waals surface area contributed by atoms with E-state index in [4.69, 9.17) is 0 Å². The maximum absolute atomic E-state index is 11.7. The Labute approximate surface area is 149 Å². The largest absolute Gasteiger partial charge is 0.355 e. The molecule has 2 fully saturated rings. The zero-order valence-electron chi connectivity index (χ0n) is 14.7. The monoisotopic (exact) mass is 388 g/mol. The van der Waals surface area contributed by atoms with Crippen molar-refractivity contribution in [3.8, 4) is 0 Å². The van der Waals surface area contributed by atoms with Crippen molar-refractivity contribution >= 4 is 31.3 Å². The fourth-order valence-corrected chi connectivity index (χ4v) is 6.98. The number of nitrogens with zero attached hydrogens (tertiary/aromatic N) is 4. The van der Waals surface area contributed by atoms with Crippen LogP contribution in [0.5, 0.6) is 0 Å². The Kier molecular flexibility index (Phi) is 4.69. The summed E-state index contributed by atoms with van der Waals surface area (Å²) < 4.78 is 46.9. The quantitative estimate of drug-likeness (QED) is 0.712. The van der Waals surface area contributed by atoms with Crippen LogP contribution in [-0.4, -0.2) is 76.0 Å². The van der Waals surface area contributed by atoms with Gasteiger partial charge in [-0.05, 0) is 19.8 Å². The molecule has 0 aromatic carbocycles. The van der Waals surface area contributed by atoms with E-state index in [2.05, 4.69) is 9.97 Å². The van der Waals surface area contributed by atoms with Crippen molar-refractivity contribution in [1.82, 2.24) is 9.97 Å². The van der Waals surface area contributed by atoms with Gasteiger partial charge in [-0.1, -0.05) is 0 Å². The van der Waals surface area contributed by atoms with Gasteiger partial charge < -0.3 is 9.80 Å². The van der Waals surface area contributed by atoms with Crippen LogP contribution in [0.1, 0.15) is 18.7 Å². The van der Waals surface area contributed by atoms with Crippen molar-refractivity contribution in [2.75, 3.05) is 46.9 Å². The highest BCUT2D eigenvalue weighted by Crippen LogP contribution is 2.26. The fraction of sp³-hybridized carbons (Fsp3) is 0.733. The summed E-state index contributed by atoms with van der Waals surface area (Å²) in [5.41, 5.74) is 0. The van der Waals surface area contributed by atoms with Crippen LogP contribution >= 0.6 is 0 Å². The molecule has 1 aromatic rings. The van der Waals surface area contributed by atoms with Gasteiger partial charge in [-0.3, -0.25) is 0 Å². The van der Waals surface area contributed by atoms with Gasteiger partial charge in [0, 0.05) is 32.2 Å². The van der Waals surface area contributed by atoms with Gasteiger partial charge in [0.05, 0.1) is 23.0 Å². The fourth-order valence-electron chi connectivity index (χ4n) is 3.43. The molecule has 3 heterocycles. The summed E-state index contributed by atoms with van der Waals surface area (Å²) in [6.45, 7) is 1.78. The van der Waals surface area contributed by atoms with Crippen molar-refractivity contribution in [2.24, 2.45) is 0 Å². The van der Waals surface area contributed by atoms with Crippen LogP contribution in [0.25, 0.3) is 0 Å². The Bertz CT molecular complexity index is 801. The molecule has 140 valence electrons. The Balaban J connectivity index is 1.83. The summed E-state index contributed by atoms with van der Waals surface area (Å²) in [6.07, 6.45) is 1.18. The molecule has 2 aliphatic heterocycles. The van der Waals surface area contributed by atoms with Crippen molar-refractivity contribution in [3.05, 3.63) is 11.9 Å². The second kappa shape index (κ2) is 6.39. The van der Waals surface area contributed by atoms with Gasteiger partial charge in [-0.25, -0.2) is 26.8 Å². The van der Waals surface area contributed by atoms with Crippen LogP contribution in [0.15, 0.2) is 6.07 Å². The van der Waals surface area contributed by atoms with Crippen LogP contribution < -0.4 is 9.80 Å². The first kappa shape index (κ1) is 18.4. The van der Waals surface area contributed by atoms with Gasteiger partial charge >= 0.3 is 0 Å². The van der Waals surface area contributed by atoms with E-state index in [0.717, 1.165) is 0 Å². The highest BCUT2D eigenvalue weighted by atomic mass is 32.2. The Hall–Kier alpha value is -1.42. The minimum Gasteiger partial charge on any atom is -0.355 e. The average molecular weight is 389 g/mol. The van der Waals surface area contributed by atoms with E-state index in [1.807, 2.05) is 30.0 Å².